The third-order valence-electron chi connectivity index (χ3n) is 11.7. The van der Waals surface area contributed by atoms with Crippen molar-refractivity contribution in [3.63, 3.8) is 0 Å². The molecule has 0 aliphatic heterocycles. The van der Waals surface area contributed by atoms with Crippen molar-refractivity contribution in [2.45, 2.75) is 233 Å². The Kier molecular flexibility index (Phi) is 40.6. The van der Waals surface area contributed by atoms with Crippen molar-refractivity contribution < 1.29 is 5.11 Å². The van der Waals surface area contributed by atoms with E-state index in [1.807, 2.05) is 0 Å². The molecule has 0 unspecified atom stereocenters. The molecule has 1 aromatic heterocycles. The standard InChI is InChI=1S/C49H100N8O/c1-5-9-13-17-21-25-30-40-56(41-31-26-22-18-14-10-6-2)44-35-38-51-48-53-47(50-37-29-34-46-58)54-49(55-48)52-39-36-45-57(42-32-27-23-19-15-11-7-3)43-33-28-24-20-16-12-8-4/h58H,5-46H2,1-4H3,(H3,50,51,52,53,54,55). The van der Waals surface area contributed by atoms with E-state index in [1.165, 1.54) is 206 Å². The summed E-state index contributed by atoms with van der Waals surface area (Å²) in [5, 5.41) is 19.8. The average Bonchev–Trinajstić information content (AvgIpc) is 3.23. The molecule has 342 valence electrons. The highest BCUT2D eigenvalue weighted by Gasteiger charge is 2.10. The Morgan fingerprint density at radius 3 is 0.828 bits per heavy atom. The maximum absolute atomic E-state index is 9.27. The van der Waals surface area contributed by atoms with Crippen LogP contribution in [0.2, 0.25) is 0 Å². The second-order valence-electron chi connectivity index (χ2n) is 17.4. The van der Waals surface area contributed by atoms with Crippen LogP contribution in [0.5, 0.6) is 0 Å². The highest BCUT2D eigenvalue weighted by Crippen LogP contribution is 2.14. The van der Waals surface area contributed by atoms with Gasteiger partial charge in [-0.25, -0.2) is 0 Å². The number of anilines is 3. The van der Waals surface area contributed by atoms with Gasteiger partial charge in [-0.05, 0) is 90.6 Å². The van der Waals surface area contributed by atoms with E-state index >= 15 is 0 Å². The molecule has 0 aromatic carbocycles. The van der Waals surface area contributed by atoms with Crippen LogP contribution in [0.3, 0.4) is 0 Å². The Bertz CT molecular complexity index is 866. The van der Waals surface area contributed by atoms with E-state index in [0.29, 0.717) is 17.8 Å². The first-order chi connectivity index (χ1) is 28.7. The van der Waals surface area contributed by atoms with Gasteiger partial charge in [-0.2, -0.15) is 15.0 Å². The fraction of sp³-hybridized carbons (Fsp3) is 0.939. The van der Waals surface area contributed by atoms with E-state index in [2.05, 4.69) is 53.4 Å². The van der Waals surface area contributed by atoms with Crippen LogP contribution < -0.4 is 16.0 Å². The van der Waals surface area contributed by atoms with Crippen LogP contribution in [0, 0.1) is 0 Å². The summed E-state index contributed by atoms with van der Waals surface area (Å²) in [7, 11) is 0. The Morgan fingerprint density at radius 1 is 0.310 bits per heavy atom. The molecule has 0 atom stereocenters. The normalized spacial score (nSPS) is 11.6. The number of aliphatic hydroxyl groups is 1. The van der Waals surface area contributed by atoms with Crippen LogP contribution in [-0.2, 0) is 0 Å². The van der Waals surface area contributed by atoms with Gasteiger partial charge in [0.15, 0.2) is 0 Å². The summed E-state index contributed by atoms with van der Waals surface area (Å²) in [6, 6.07) is 0. The van der Waals surface area contributed by atoms with Crippen molar-refractivity contribution in [2.75, 3.05) is 81.5 Å². The van der Waals surface area contributed by atoms with Crippen molar-refractivity contribution in [2.24, 2.45) is 0 Å². The molecule has 1 rings (SSSR count). The number of aliphatic hydroxyl groups excluding tert-OH is 1. The predicted molar refractivity (Wildman–Crippen MR) is 256 cm³/mol. The van der Waals surface area contributed by atoms with Crippen LogP contribution in [0.25, 0.3) is 0 Å². The molecule has 9 heteroatoms. The average molecular weight is 817 g/mol. The zero-order valence-electron chi connectivity index (χ0n) is 39.4. The van der Waals surface area contributed by atoms with Crippen molar-refractivity contribution in [1.82, 2.24) is 24.8 Å². The molecule has 0 spiro atoms. The van der Waals surface area contributed by atoms with Crippen molar-refractivity contribution in [1.29, 1.82) is 0 Å². The number of rotatable bonds is 47. The molecule has 0 fully saturated rings. The first-order valence-electron chi connectivity index (χ1n) is 25.7. The maximum Gasteiger partial charge on any atom is 0.229 e. The summed E-state index contributed by atoms with van der Waals surface area (Å²) in [4.78, 5) is 19.8. The lowest BCUT2D eigenvalue weighted by molar-refractivity contribution is 0.259. The molecule has 0 aliphatic carbocycles. The van der Waals surface area contributed by atoms with E-state index < -0.39 is 0 Å². The molecule has 0 aliphatic rings. The Labute approximate surface area is 361 Å². The molecule has 0 saturated heterocycles. The van der Waals surface area contributed by atoms with Gasteiger partial charge in [0.2, 0.25) is 17.8 Å². The smallest absolute Gasteiger partial charge is 0.229 e. The Balaban J connectivity index is 2.70. The van der Waals surface area contributed by atoms with Crippen LogP contribution in [0.4, 0.5) is 17.8 Å². The van der Waals surface area contributed by atoms with Gasteiger partial charge in [-0.15, -0.1) is 0 Å². The molecule has 4 N–H and O–H groups in total. The topological polar surface area (TPSA) is 101 Å². The van der Waals surface area contributed by atoms with E-state index in [1.54, 1.807) is 0 Å². The molecular formula is C49H100N8O. The van der Waals surface area contributed by atoms with Gasteiger partial charge in [-0.3, -0.25) is 0 Å². The lowest BCUT2D eigenvalue weighted by atomic mass is 10.1. The summed E-state index contributed by atoms with van der Waals surface area (Å²) in [5.74, 6) is 1.90. The molecule has 9 nitrogen and oxygen atoms in total. The summed E-state index contributed by atoms with van der Waals surface area (Å²) < 4.78 is 0. The number of nitrogens with one attached hydrogen (secondary N) is 3. The Hall–Kier alpha value is -1.71. The first-order valence-corrected chi connectivity index (χ1v) is 25.7. The number of hydrogen-bond acceptors (Lipinski definition) is 9. The molecule has 1 aromatic rings. The monoisotopic (exact) mass is 817 g/mol. The number of nitrogens with zero attached hydrogens (tertiary/aromatic N) is 5. The van der Waals surface area contributed by atoms with Gasteiger partial charge < -0.3 is 30.9 Å². The van der Waals surface area contributed by atoms with Crippen LogP contribution in [0.15, 0.2) is 0 Å². The molecule has 0 saturated carbocycles. The highest BCUT2D eigenvalue weighted by molar-refractivity contribution is 5.42. The van der Waals surface area contributed by atoms with Gasteiger partial charge in [-0.1, -0.05) is 182 Å². The third-order valence-corrected chi connectivity index (χ3v) is 11.7. The zero-order chi connectivity index (χ0) is 41.8. The zero-order valence-corrected chi connectivity index (χ0v) is 39.4. The van der Waals surface area contributed by atoms with Gasteiger partial charge in [0.05, 0.1) is 0 Å². The van der Waals surface area contributed by atoms with Crippen LogP contribution in [0.1, 0.15) is 233 Å². The number of hydrogen-bond donors (Lipinski definition) is 4. The summed E-state index contributed by atoms with van der Waals surface area (Å²) in [6.45, 7) is 19.0. The van der Waals surface area contributed by atoms with E-state index in [-0.39, 0.29) is 6.61 Å². The molecule has 58 heavy (non-hydrogen) atoms. The SMILES string of the molecule is CCCCCCCCCN(CCCCCCCCC)CCCNc1nc(NCCCCO)nc(NCCCN(CCCCCCCCC)CCCCCCCCC)n1. The van der Waals surface area contributed by atoms with Gasteiger partial charge >= 0.3 is 0 Å². The number of unbranched alkanes of at least 4 members (excludes halogenated alkanes) is 25. The second kappa shape index (κ2) is 43.4. The molecule has 0 bridgehead atoms. The minimum atomic E-state index is 0.211. The quantitative estimate of drug-likeness (QED) is 0.0479. The maximum atomic E-state index is 9.27. The van der Waals surface area contributed by atoms with E-state index in [0.717, 1.165) is 58.4 Å². The number of aromatic nitrogens is 3. The first kappa shape index (κ1) is 54.3. The van der Waals surface area contributed by atoms with E-state index in [4.69, 9.17) is 15.0 Å². The lowest BCUT2D eigenvalue weighted by Gasteiger charge is -2.23. The largest absolute Gasteiger partial charge is 0.396 e. The molecule has 0 amide bonds. The minimum Gasteiger partial charge on any atom is -0.396 e. The van der Waals surface area contributed by atoms with E-state index in [9.17, 15) is 5.11 Å². The summed E-state index contributed by atoms with van der Waals surface area (Å²) >= 11 is 0. The van der Waals surface area contributed by atoms with Gasteiger partial charge in [0.25, 0.3) is 0 Å². The second-order valence-corrected chi connectivity index (χ2v) is 17.4. The van der Waals surface area contributed by atoms with Crippen molar-refractivity contribution in [3.8, 4) is 0 Å². The predicted octanol–water partition coefficient (Wildman–Crippen LogP) is 13.3. The fourth-order valence-corrected chi connectivity index (χ4v) is 7.90. The summed E-state index contributed by atoms with van der Waals surface area (Å²) in [6.07, 6.45) is 42.1. The lowest BCUT2D eigenvalue weighted by Crippen LogP contribution is -2.29. The molecule has 0 radical (unpaired) electrons. The van der Waals surface area contributed by atoms with Crippen LogP contribution in [-0.4, -0.2) is 95.4 Å². The van der Waals surface area contributed by atoms with Crippen LogP contribution >= 0.6 is 0 Å². The van der Waals surface area contributed by atoms with Gasteiger partial charge in [0, 0.05) is 26.2 Å². The fourth-order valence-electron chi connectivity index (χ4n) is 7.90. The Morgan fingerprint density at radius 2 is 0.552 bits per heavy atom. The minimum absolute atomic E-state index is 0.211. The van der Waals surface area contributed by atoms with Gasteiger partial charge in [0.1, 0.15) is 0 Å². The molecular weight excluding hydrogens is 717 g/mol. The highest BCUT2D eigenvalue weighted by atomic mass is 16.2. The summed E-state index contributed by atoms with van der Waals surface area (Å²) in [5.41, 5.74) is 0. The van der Waals surface area contributed by atoms with Crippen molar-refractivity contribution >= 4 is 17.8 Å². The molecule has 1 heterocycles. The van der Waals surface area contributed by atoms with Crippen molar-refractivity contribution in [3.05, 3.63) is 0 Å². The third kappa shape index (κ3) is 35.1.